The highest BCUT2D eigenvalue weighted by molar-refractivity contribution is 7.91. The SMILES string of the molecule is CC(N1CCN(C(=NCC2CCS(=O)(=O)C2)NC2CC2)CC1)C(F)(F)F. The second-order valence-electron chi connectivity index (χ2n) is 7.59. The van der Waals surface area contributed by atoms with Crippen molar-refractivity contribution in [3.05, 3.63) is 0 Å². The smallest absolute Gasteiger partial charge is 0.354 e. The van der Waals surface area contributed by atoms with Gasteiger partial charge >= 0.3 is 6.18 Å². The number of guanidine groups is 1. The van der Waals surface area contributed by atoms with Gasteiger partial charge in [-0.2, -0.15) is 13.2 Å². The molecule has 2 atom stereocenters. The molecule has 0 radical (unpaired) electrons. The minimum atomic E-state index is -4.21. The summed E-state index contributed by atoms with van der Waals surface area (Å²) in [6.45, 7) is 3.30. The molecule has 26 heavy (non-hydrogen) atoms. The molecule has 2 unspecified atom stereocenters. The molecular weight excluding hydrogens is 369 g/mol. The number of nitrogens with zero attached hydrogens (tertiary/aromatic N) is 3. The average Bonchev–Trinajstić information content (AvgIpc) is 3.32. The van der Waals surface area contributed by atoms with E-state index in [0.29, 0.717) is 45.2 Å². The molecule has 0 bridgehead atoms. The molecule has 6 nitrogen and oxygen atoms in total. The van der Waals surface area contributed by atoms with Crippen LogP contribution in [0, 0.1) is 5.92 Å². The Kier molecular flexibility index (Phi) is 5.72. The van der Waals surface area contributed by atoms with Crippen LogP contribution in [0.1, 0.15) is 26.2 Å². The first-order valence-corrected chi connectivity index (χ1v) is 11.0. The number of sulfone groups is 1. The Morgan fingerprint density at radius 1 is 1.19 bits per heavy atom. The maximum atomic E-state index is 12.9. The van der Waals surface area contributed by atoms with E-state index in [2.05, 4.69) is 10.3 Å². The van der Waals surface area contributed by atoms with Crippen molar-refractivity contribution in [1.29, 1.82) is 0 Å². The topological polar surface area (TPSA) is 65.0 Å². The lowest BCUT2D eigenvalue weighted by molar-refractivity contribution is -0.181. The lowest BCUT2D eigenvalue weighted by Crippen LogP contribution is -2.57. The Labute approximate surface area is 152 Å². The molecule has 0 amide bonds. The summed E-state index contributed by atoms with van der Waals surface area (Å²) in [6.07, 6.45) is -1.43. The minimum absolute atomic E-state index is 0.0440. The molecule has 1 saturated carbocycles. The van der Waals surface area contributed by atoms with Crippen LogP contribution >= 0.6 is 0 Å². The van der Waals surface area contributed by atoms with Crippen LogP contribution in [0.4, 0.5) is 13.2 Å². The summed E-state index contributed by atoms with van der Waals surface area (Å²) in [5.41, 5.74) is 0. The van der Waals surface area contributed by atoms with Gasteiger partial charge in [0.2, 0.25) is 0 Å². The summed E-state index contributed by atoms with van der Waals surface area (Å²) < 4.78 is 61.8. The van der Waals surface area contributed by atoms with E-state index in [4.69, 9.17) is 0 Å². The van der Waals surface area contributed by atoms with Gasteiger partial charge in [-0.3, -0.25) is 9.89 Å². The predicted molar refractivity (Wildman–Crippen MR) is 93.9 cm³/mol. The van der Waals surface area contributed by atoms with Crippen molar-refractivity contribution in [2.75, 3.05) is 44.2 Å². The second-order valence-corrected chi connectivity index (χ2v) is 9.82. The van der Waals surface area contributed by atoms with E-state index in [-0.39, 0.29) is 17.4 Å². The molecule has 1 aliphatic carbocycles. The zero-order valence-corrected chi connectivity index (χ0v) is 15.8. The van der Waals surface area contributed by atoms with Crippen molar-refractivity contribution in [2.45, 2.75) is 44.4 Å². The van der Waals surface area contributed by atoms with Crippen molar-refractivity contribution in [1.82, 2.24) is 15.1 Å². The van der Waals surface area contributed by atoms with Crippen LogP contribution in [0.25, 0.3) is 0 Å². The van der Waals surface area contributed by atoms with Crippen molar-refractivity contribution in [2.24, 2.45) is 10.9 Å². The van der Waals surface area contributed by atoms with Gasteiger partial charge < -0.3 is 10.2 Å². The quantitative estimate of drug-likeness (QED) is 0.570. The highest BCUT2D eigenvalue weighted by Crippen LogP contribution is 2.26. The first-order chi connectivity index (χ1) is 12.1. The van der Waals surface area contributed by atoms with E-state index in [1.807, 2.05) is 4.90 Å². The summed E-state index contributed by atoms with van der Waals surface area (Å²) in [4.78, 5) is 8.07. The molecule has 1 N–H and O–H groups in total. The number of piperazine rings is 1. The molecule has 2 aliphatic heterocycles. The van der Waals surface area contributed by atoms with E-state index in [1.54, 1.807) is 0 Å². The maximum absolute atomic E-state index is 12.9. The van der Waals surface area contributed by atoms with Gasteiger partial charge in [0.1, 0.15) is 6.04 Å². The van der Waals surface area contributed by atoms with Gasteiger partial charge in [0.15, 0.2) is 15.8 Å². The van der Waals surface area contributed by atoms with E-state index < -0.39 is 22.1 Å². The van der Waals surface area contributed by atoms with E-state index in [9.17, 15) is 21.6 Å². The third kappa shape index (κ3) is 5.25. The number of nitrogens with one attached hydrogen (secondary N) is 1. The van der Waals surface area contributed by atoms with Gasteiger partial charge in [-0.25, -0.2) is 8.42 Å². The summed E-state index contributed by atoms with van der Waals surface area (Å²) in [5, 5.41) is 3.37. The van der Waals surface area contributed by atoms with E-state index >= 15 is 0 Å². The number of alkyl halides is 3. The Bertz CT molecular complexity index is 626. The first kappa shape index (κ1) is 19.7. The van der Waals surface area contributed by atoms with Gasteiger partial charge in [0.25, 0.3) is 0 Å². The largest absolute Gasteiger partial charge is 0.403 e. The van der Waals surface area contributed by atoms with Crippen LogP contribution < -0.4 is 5.32 Å². The van der Waals surface area contributed by atoms with E-state index in [1.165, 1.54) is 11.8 Å². The lowest BCUT2D eigenvalue weighted by atomic mass is 10.1. The fourth-order valence-corrected chi connectivity index (χ4v) is 5.26. The Morgan fingerprint density at radius 3 is 2.35 bits per heavy atom. The predicted octanol–water partition coefficient (Wildman–Crippen LogP) is 1.10. The first-order valence-electron chi connectivity index (χ1n) is 9.21. The standard InChI is InChI=1S/C16H27F3N4O2S/c1-12(16(17,18)19)22-5-7-23(8-6-22)15(21-14-2-3-14)20-10-13-4-9-26(24,25)11-13/h12-14H,2-11H2,1H3,(H,20,21). The van der Waals surface area contributed by atoms with Gasteiger partial charge in [-0.05, 0) is 32.1 Å². The normalized spacial score (nSPS) is 29.0. The van der Waals surface area contributed by atoms with Crippen LogP contribution in [0.5, 0.6) is 0 Å². The monoisotopic (exact) mass is 396 g/mol. The Hall–Kier alpha value is -1.03. The van der Waals surface area contributed by atoms with Gasteiger partial charge in [-0.15, -0.1) is 0 Å². The van der Waals surface area contributed by atoms with Crippen molar-refractivity contribution >= 4 is 15.8 Å². The van der Waals surface area contributed by atoms with Crippen LogP contribution in [0.15, 0.2) is 4.99 Å². The average molecular weight is 396 g/mol. The van der Waals surface area contributed by atoms with Crippen LogP contribution in [0.3, 0.4) is 0 Å². The van der Waals surface area contributed by atoms with Gasteiger partial charge in [0.05, 0.1) is 11.5 Å². The van der Waals surface area contributed by atoms with Crippen LogP contribution in [-0.2, 0) is 9.84 Å². The number of halogens is 3. The van der Waals surface area contributed by atoms with Crippen molar-refractivity contribution in [3.63, 3.8) is 0 Å². The third-order valence-electron chi connectivity index (χ3n) is 5.37. The molecule has 0 aromatic carbocycles. The second kappa shape index (κ2) is 7.53. The molecule has 0 aromatic rings. The lowest BCUT2D eigenvalue weighted by Gasteiger charge is -2.39. The highest BCUT2D eigenvalue weighted by atomic mass is 32.2. The molecule has 150 valence electrons. The Morgan fingerprint density at radius 2 is 1.85 bits per heavy atom. The van der Waals surface area contributed by atoms with Gasteiger partial charge in [-0.1, -0.05) is 0 Å². The highest BCUT2D eigenvalue weighted by Gasteiger charge is 2.41. The molecule has 3 aliphatic rings. The molecule has 10 heteroatoms. The molecule has 2 heterocycles. The van der Waals surface area contributed by atoms with Crippen molar-refractivity contribution in [3.8, 4) is 0 Å². The molecular formula is C16H27F3N4O2S. The Balaban J connectivity index is 1.57. The number of hydrogen-bond donors (Lipinski definition) is 1. The van der Waals surface area contributed by atoms with Crippen LogP contribution in [0.2, 0.25) is 0 Å². The summed E-state index contributed by atoms with van der Waals surface area (Å²) >= 11 is 0. The van der Waals surface area contributed by atoms with Gasteiger partial charge in [0, 0.05) is 38.8 Å². The zero-order valence-electron chi connectivity index (χ0n) is 15.0. The summed E-state index contributed by atoms with van der Waals surface area (Å²) in [5.74, 6) is 1.18. The summed E-state index contributed by atoms with van der Waals surface area (Å²) in [7, 11) is -2.93. The van der Waals surface area contributed by atoms with E-state index in [0.717, 1.165) is 18.8 Å². The molecule has 3 rings (SSSR count). The van der Waals surface area contributed by atoms with Crippen LogP contribution in [-0.4, -0.2) is 86.7 Å². The zero-order chi connectivity index (χ0) is 18.9. The fourth-order valence-electron chi connectivity index (χ4n) is 3.41. The number of rotatable bonds is 4. The molecule has 0 aromatic heterocycles. The number of aliphatic imine (C=N–C) groups is 1. The minimum Gasteiger partial charge on any atom is -0.354 e. The summed E-state index contributed by atoms with van der Waals surface area (Å²) in [6, 6.07) is -1.06. The molecule has 2 saturated heterocycles. The third-order valence-corrected chi connectivity index (χ3v) is 7.21. The molecule has 3 fully saturated rings. The molecule has 0 spiro atoms. The maximum Gasteiger partial charge on any atom is 0.403 e. The van der Waals surface area contributed by atoms with Crippen molar-refractivity contribution < 1.29 is 21.6 Å². The number of hydrogen-bond acceptors (Lipinski definition) is 4. The fraction of sp³-hybridized carbons (Fsp3) is 0.938.